The maximum atomic E-state index is 4.30. The summed E-state index contributed by atoms with van der Waals surface area (Å²) in [6.45, 7) is 9.33. The van der Waals surface area contributed by atoms with Crippen LogP contribution >= 0.6 is 15.9 Å². The molecule has 0 saturated heterocycles. The van der Waals surface area contributed by atoms with Crippen molar-refractivity contribution >= 4 is 15.9 Å². The maximum absolute atomic E-state index is 4.30. The Morgan fingerprint density at radius 3 is 1.40 bits per heavy atom. The molecule has 0 aromatic carbocycles. The highest BCUT2D eigenvalue weighted by atomic mass is 79.9. The van der Waals surface area contributed by atoms with Gasteiger partial charge in [-0.1, -0.05) is 134 Å². The minimum atomic E-state index is 0.426. The third kappa shape index (κ3) is 13.3. The summed E-state index contributed by atoms with van der Waals surface area (Å²) in [6, 6.07) is 0. The van der Waals surface area contributed by atoms with E-state index < -0.39 is 0 Å². The van der Waals surface area contributed by atoms with E-state index in [2.05, 4.69) is 43.6 Å². The van der Waals surface area contributed by atoms with Crippen LogP contribution in [0, 0.1) is 5.92 Å². The van der Waals surface area contributed by atoms with Gasteiger partial charge in [-0.25, -0.2) is 0 Å². The molecular formula is C24H49Br. The molecule has 0 fully saturated rings. The summed E-state index contributed by atoms with van der Waals surface area (Å²) in [4.78, 5) is 0. The average Bonchev–Trinajstić information content (AvgIpc) is 2.62. The molecule has 25 heavy (non-hydrogen) atoms. The topological polar surface area (TPSA) is 0 Å². The summed E-state index contributed by atoms with van der Waals surface area (Å²) in [7, 11) is 0. The minimum Gasteiger partial charge on any atom is -0.0850 e. The second-order valence-electron chi connectivity index (χ2n) is 8.34. The van der Waals surface area contributed by atoms with E-state index >= 15 is 0 Å². The van der Waals surface area contributed by atoms with Gasteiger partial charge in [0.1, 0.15) is 0 Å². The largest absolute Gasteiger partial charge is 0.0850 e. The van der Waals surface area contributed by atoms with E-state index in [1.807, 2.05) is 0 Å². The first-order valence-electron chi connectivity index (χ1n) is 11.8. The fraction of sp³-hybridized carbons (Fsp3) is 1.00. The highest BCUT2D eigenvalue weighted by molar-refractivity contribution is 9.10. The van der Waals surface area contributed by atoms with E-state index in [9.17, 15) is 0 Å². The molecule has 1 unspecified atom stereocenters. The van der Waals surface area contributed by atoms with Crippen LogP contribution in [0.25, 0.3) is 0 Å². The summed E-state index contributed by atoms with van der Waals surface area (Å²) in [5, 5.41) is 0. The van der Waals surface area contributed by atoms with Crippen LogP contribution in [-0.4, -0.2) is 4.32 Å². The number of unbranched alkanes of at least 4 members (excludes halogenated alkanes) is 10. The average molecular weight is 418 g/mol. The van der Waals surface area contributed by atoms with Crippen LogP contribution in [-0.2, 0) is 0 Å². The Balaban J connectivity index is 4.35. The van der Waals surface area contributed by atoms with Gasteiger partial charge in [0.2, 0.25) is 0 Å². The third-order valence-corrected chi connectivity index (χ3v) is 7.38. The number of hydrogen-bond acceptors (Lipinski definition) is 0. The lowest BCUT2D eigenvalue weighted by Gasteiger charge is -2.37. The van der Waals surface area contributed by atoms with E-state index in [0.29, 0.717) is 4.32 Å². The zero-order valence-corrected chi connectivity index (χ0v) is 19.8. The standard InChI is InChI=1S/C24H49Br/c1-5-9-13-14-15-16-17-18-20-23(19-10-6-2)24(25,21-11-7-3)22-12-8-4/h23H,5-22H2,1-4H3. The van der Waals surface area contributed by atoms with Crippen molar-refractivity contribution in [2.24, 2.45) is 5.92 Å². The van der Waals surface area contributed by atoms with Crippen molar-refractivity contribution < 1.29 is 0 Å². The van der Waals surface area contributed by atoms with E-state index in [0.717, 1.165) is 5.92 Å². The van der Waals surface area contributed by atoms with Crippen molar-refractivity contribution in [3.63, 3.8) is 0 Å². The number of halogens is 1. The molecule has 0 nitrogen and oxygen atoms in total. The molecule has 0 amide bonds. The monoisotopic (exact) mass is 416 g/mol. The van der Waals surface area contributed by atoms with Crippen molar-refractivity contribution in [1.29, 1.82) is 0 Å². The second-order valence-corrected chi connectivity index (χ2v) is 9.92. The molecule has 0 aliphatic carbocycles. The van der Waals surface area contributed by atoms with Crippen molar-refractivity contribution in [2.45, 2.75) is 148 Å². The predicted molar refractivity (Wildman–Crippen MR) is 121 cm³/mol. The van der Waals surface area contributed by atoms with Crippen LogP contribution in [0.15, 0.2) is 0 Å². The fourth-order valence-electron chi connectivity index (χ4n) is 4.11. The van der Waals surface area contributed by atoms with Crippen molar-refractivity contribution in [2.75, 3.05) is 0 Å². The van der Waals surface area contributed by atoms with Crippen LogP contribution in [0.2, 0.25) is 0 Å². The van der Waals surface area contributed by atoms with Gasteiger partial charge in [-0.2, -0.15) is 0 Å². The molecule has 152 valence electrons. The van der Waals surface area contributed by atoms with Crippen LogP contribution in [0.3, 0.4) is 0 Å². The first-order valence-corrected chi connectivity index (χ1v) is 12.6. The Morgan fingerprint density at radius 1 is 0.520 bits per heavy atom. The molecular weight excluding hydrogens is 368 g/mol. The van der Waals surface area contributed by atoms with Crippen molar-refractivity contribution in [3.8, 4) is 0 Å². The van der Waals surface area contributed by atoms with Gasteiger partial charge in [0.15, 0.2) is 0 Å². The number of rotatable bonds is 19. The van der Waals surface area contributed by atoms with Gasteiger partial charge in [-0.3, -0.25) is 0 Å². The normalized spacial score (nSPS) is 13.3. The van der Waals surface area contributed by atoms with Crippen molar-refractivity contribution in [1.82, 2.24) is 0 Å². The summed E-state index contributed by atoms with van der Waals surface area (Å²) in [5.74, 6) is 0.894. The van der Waals surface area contributed by atoms with Crippen LogP contribution < -0.4 is 0 Å². The van der Waals surface area contributed by atoms with Gasteiger partial charge >= 0.3 is 0 Å². The molecule has 0 aromatic rings. The summed E-state index contributed by atoms with van der Waals surface area (Å²) in [6.07, 6.45) is 25.4. The summed E-state index contributed by atoms with van der Waals surface area (Å²) >= 11 is 4.30. The quantitative estimate of drug-likeness (QED) is 0.145. The third-order valence-electron chi connectivity index (χ3n) is 5.94. The van der Waals surface area contributed by atoms with E-state index in [4.69, 9.17) is 0 Å². The van der Waals surface area contributed by atoms with E-state index in [-0.39, 0.29) is 0 Å². The molecule has 0 rings (SSSR count). The Labute approximate surface area is 169 Å². The van der Waals surface area contributed by atoms with E-state index in [1.165, 1.54) is 116 Å². The second kappa shape index (κ2) is 17.9. The smallest absolute Gasteiger partial charge is 0.0286 e. The molecule has 1 atom stereocenters. The molecule has 0 bridgehead atoms. The van der Waals surface area contributed by atoms with Crippen molar-refractivity contribution in [3.05, 3.63) is 0 Å². The first kappa shape index (κ1) is 25.5. The molecule has 0 aliphatic heterocycles. The predicted octanol–water partition coefficient (Wildman–Crippen LogP) is 9.84. The lowest BCUT2D eigenvalue weighted by Crippen LogP contribution is -2.32. The van der Waals surface area contributed by atoms with Gasteiger partial charge < -0.3 is 0 Å². The van der Waals surface area contributed by atoms with Crippen LogP contribution in [0.5, 0.6) is 0 Å². The minimum absolute atomic E-state index is 0.426. The highest BCUT2D eigenvalue weighted by Gasteiger charge is 2.34. The summed E-state index contributed by atoms with van der Waals surface area (Å²) in [5.41, 5.74) is 0. The van der Waals surface area contributed by atoms with Crippen LogP contribution in [0.4, 0.5) is 0 Å². The van der Waals surface area contributed by atoms with E-state index in [1.54, 1.807) is 0 Å². The van der Waals surface area contributed by atoms with Crippen LogP contribution in [0.1, 0.15) is 143 Å². The molecule has 0 aromatic heterocycles. The molecule has 1 heteroatoms. The molecule has 0 saturated carbocycles. The zero-order chi connectivity index (χ0) is 18.8. The molecule has 0 radical (unpaired) electrons. The molecule has 0 heterocycles. The number of alkyl halides is 1. The van der Waals surface area contributed by atoms with Gasteiger partial charge in [-0.05, 0) is 31.6 Å². The maximum Gasteiger partial charge on any atom is 0.0286 e. The van der Waals surface area contributed by atoms with Gasteiger partial charge in [0.05, 0.1) is 0 Å². The van der Waals surface area contributed by atoms with Gasteiger partial charge in [-0.15, -0.1) is 0 Å². The zero-order valence-electron chi connectivity index (χ0n) is 18.2. The Bertz CT molecular complexity index is 253. The Hall–Kier alpha value is 0.480. The fourth-order valence-corrected chi connectivity index (χ4v) is 5.13. The highest BCUT2D eigenvalue weighted by Crippen LogP contribution is 2.43. The summed E-state index contributed by atoms with van der Waals surface area (Å²) < 4.78 is 0.426. The van der Waals surface area contributed by atoms with Gasteiger partial charge in [0, 0.05) is 4.32 Å². The van der Waals surface area contributed by atoms with Gasteiger partial charge in [0.25, 0.3) is 0 Å². The molecule has 0 spiro atoms. The SMILES string of the molecule is CCCCCCCCCCC(CCCC)C(Br)(CCCC)CCCC. The lowest BCUT2D eigenvalue weighted by molar-refractivity contribution is 0.282. The Morgan fingerprint density at radius 2 is 0.920 bits per heavy atom. The molecule has 0 N–H and O–H groups in total. The first-order chi connectivity index (χ1) is 12.1. The Kier molecular flexibility index (Phi) is 18.2. The number of hydrogen-bond donors (Lipinski definition) is 0. The molecule has 0 aliphatic rings. The lowest BCUT2D eigenvalue weighted by atomic mass is 9.78.